The number of carbonyl (C=O) groups is 2. The van der Waals surface area contributed by atoms with Crippen molar-refractivity contribution in [2.75, 3.05) is 19.6 Å². The van der Waals surface area contributed by atoms with E-state index in [-0.39, 0.29) is 36.2 Å². The van der Waals surface area contributed by atoms with Crippen LogP contribution in [0.5, 0.6) is 11.5 Å². The number of hydrogen-bond acceptors (Lipinski definition) is 5. The molecule has 2 heterocycles. The molecule has 0 unspecified atom stereocenters. The Balaban J connectivity index is 1.31. The normalized spacial score (nSPS) is 19.1. The summed E-state index contributed by atoms with van der Waals surface area (Å²) in [7, 11) is -3.89. The number of benzene rings is 3. The first-order valence-corrected chi connectivity index (χ1v) is 13.9. The molecule has 0 aromatic heterocycles. The van der Waals surface area contributed by atoms with Crippen molar-refractivity contribution in [2.45, 2.75) is 30.2 Å². The Morgan fingerprint density at radius 1 is 0.947 bits per heavy atom. The van der Waals surface area contributed by atoms with Gasteiger partial charge in [0, 0.05) is 42.7 Å². The molecule has 1 saturated heterocycles. The van der Waals surface area contributed by atoms with Crippen molar-refractivity contribution < 1.29 is 27.9 Å². The van der Waals surface area contributed by atoms with E-state index in [1.165, 1.54) is 12.1 Å². The Kier molecular flexibility index (Phi) is 7.09. The van der Waals surface area contributed by atoms with Crippen molar-refractivity contribution in [2.24, 2.45) is 5.92 Å². The molecule has 3 aromatic carbocycles. The molecule has 0 saturated carbocycles. The van der Waals surface area contributed by atoms with Gasteiger partial charge in [-0.2, -0.15) is 0 Å². The summed E-state index contributed by atoms with van der Waals surface area (Å²) in [4.78, 5) is 26.3. The minimum Gasteiger partial charge on any atom is -0.465 e. The van der Waals surface area contributed by atoms with E-state index in [9.17, 15) is 23.1 Å². The minimum absolute atomic E-state index is 0.00905. The Bertz CT molecular complexity index is 1410. The average molecular weight is 536 g/mol. The van der Waals surface area contributed by atoms with E-state index in [1.54, 1.807) is 12.1 Å². The van der Waals surface area contributed by atoms with Crippen molar-refractivity contribution in [1.82, 2.24) is 14.9 Å². The second-order valence-corrected chi connectivity index (χ2v) is 11.4. The molecular weight excluding hydrogens is 506 g/mol. The largest absolute Gasteiger partial charge is 0.465 e. The van der Waals surface area contributed by atoms with Crippen LogP contribution in [-0.4, -0.2) is 56.1 Å². The molecule has 2 atom stereocenters. The topological polar surface area (TPSA) is 125 Å². The zero-order valence-corrected chi connectivity index (χ0v) is 21.6. The molecule has 0 bridgehead atoms. The summed E-state index contributed by atoms with van der Waals surface area (Å²) in [6.07, 6.45) is -1.02. The average Bonchev–Trinajstić information content (AvgIpc) is 2.90. The number of piperidine rings is 1. The number of hydrogen-bond donors (Lipinski definition) is 3. The maximum absolute atomic E-state index is 13.3. The zero-order valence-electron chi connectivity index (χ0n) is 20.8. The summed E-state index contributed by atoms with van der Waals surface area (Å²) in [6, 6.07) is 21.0. The fourth-order valence-electron chi connectivity index (χ4n) is 5.11. The van der Waals surface area contributed by atoms with E-state index in [1.807, 2.05) is 55.5 Å². The van der Waals surface area contributed by atoms with E-state index in [2.05, 4.69) is 10.0 Å². The highest BCUT2D eigenvalue weighted by Gasteiger charge is 2.36. The molecule has 0 spiro atoms. The van der Waals surface area contributed by atoms with Crippen LogP contribution in [-0.2, 0) is 14.8 Å². The number of nitrogens with one attached hydrogen (secondary N) is 2. The molecule has 0 radical (unpaired) electrons. The molecule has 3 aromatic rings. The van der Waals surface area contributed by atoms with Crippen LogP contribution in [0.25, 0.3) is 0 Å². The number of amides is 2. The first kappa shape index (κ1) is 25.7. The van der Waals surface area contributed by atoms with E-state index in [4.69, 9.17) is 4.74 Å². The quantitative estimate of drug-likeness (QED) is 0.442. The standard InChI is InChI=1S/C28H29N3O6S/c1-18-10-12-21(13-11-18)38(35,36)30-20-14-19(16-31(17-20)28(33)34)27(32)29-15-24-22-6-2-4-8-25(22)37-26-9-5-3-7-23(24)26/h2-13,19-20,24,30H,14-17H2,1H3,(H,29,32)(H,33,34)/t19-,20+/m0/s1. The second-order valence-electron chi connectivity index (χ2n) is 9.73. The monoisotopic (exact) mass is 535 g/mol. The summed E-state index contributed by atoms with van der Waals surface area (Å²) in [5, 5.41) is 12.7. The number of carboxylic acid groups (broad SMARTS) is 1. The number of rotatable bonds is 6. The van der Waals surface area contributed by atoms with E-state index >= 15 is 0 Å². The summed E-state index contributed by atoms with van der Waals surface area (Å²) in [6.45, 7) is 2.10. The summed E-state index contributed by atoms with van der Waals surface area (Å²) < 4.78 is 34.5. The summed E-state index contributed by atoms with van der Waals surface area (Å²) >= 11 is 0. The van der Waals surface area contributed by atoms with Crippen LogP contribution in [0.4, 0.5) is 4.79 Å². The van der Waals surface area contributed by atoms with Crippen LogP contribution in [0.15, 0.2) is 77.7 Å². The van der Waals surface area contributed by atoms with Crippen LogP contribution in [0.2, 0.25) is 0 Å². The van der Waals surface area contributed by atoms with Crippen LogP contribution in [0.3, 0.4) is 0 Å². The molecule has 198 valence electrons. The molecule has 3 N–H and O–H groups in total. The van der Waals surface area contributed by atoms with Gasteiger partial charge in [0.2, 0.25) is 15.9 Å². The number of likely N-dealkylation sites (tertiary alicyclic amines) is 1. The first-order chi connectivity index (χ1) is 18.2. The van der Waals surface area contributed by atoms with Gasteiger partial charge >= 0.3 is 6.09 Å². The maximum Gasteiger partial charge on any atom is 0.407 e. The number of fused-ring (bicyclic) bond motifs is 2. The Hall–Kier alpha value is -3.89. The predicted octanol–water partition coefficient (Wildman–Crippen LogP) is 3.70. The van der Waals surface area contributed by atoms with E-state index < -0.39 is 28.1 Å². The number of aryl methyl sites for hydroxylation is 1. The highest BCUT2D eigenvalue weighted by molar-refractivity contribution is 7.89. The smallest absolute Gasteiger partial charge is 0.407 e. The van der Waals surface area contributed by atoms with Crippen molar-refractivity contribution in [3.63, 3.8) is 0 Å². The second kappa shape index (κ2) is 10.5. The zero-order chi connectivity index (χ0) is 26.9. The van der Waals surface area contributed by atoms with Gasteiger partial charge in [-0.05, 0) is 37.6 Å². The lowest BCUT2D eigenvalue weighted by Crippen LogP contribution is -2.55. The number of para-hydroxylation sites is 2. The molecule has 38 heavy (non-hydrogen) atoms. The lowest BCUT2D eigenvalue weighted by atomic mass is 9.87. The number of sulfonamides is 1. The molecule has 2 aliphatic rings. The van der Waals surface area contributed by atoms with Crippen LogP contribution in [0, 0.1) is 12.8 Å². The van der Waals surface area contributed by atoms with Crippen LogP contribution < -0.4 is 14.8 Å². The van der Waals surface area contributed by atoms with E-state index in [0.717, 1.165) is 33.1 Å². The first-order valence-electron chi connectivity index (χ1n) is 12.4. The molecule has 9 nitrogen and oxygen atoms in total. The SMILES string of the molecule is Cc1ccc(S(=O)(=O)N[C@@H]2C[C@H](C(=O)NCC3c4ccccc4Oc4ccccc43)CN(C(=O)O)C2)cc1. The van der Waals surface area contributed by atoms with Gasteiger partial charge in [-0.3, -0.25) is 4.79 Å². The Morgan fingerprint density at radius 2 is 1.55 bits per heavy atom. The minimum atomic E-state index is -3.89. The third-order valence-corrected chi connectivity index (χ3v) is 8.57. The van der Waals surface area contributed by atoms with Gasteiger partial charge in [0.15, 0.2) is 0 Å². The molecule has 2 amide bonds. The highest BCUT2D eigenvalue weighted by Crippen LogP contribution is 2.43. The molecule has 1 fully saturated rings. The Morgan fingerprint density at radius 3 is 2.16 bits per heavy atom. The molecular formula is C28H29N3O6S. The molecule has 2 aliphatic heterocycles. The van der Waals surface area contributed by atoms with Gasteiger partial charge in [0.25, 0.3) is 0 Å². The number of ether oxygens (including phenoxy) is 1. The highest BCUT2D eigenvalue weighted by atomic mass is 32.2. The third-order valence-electron chi connectivity index (χ3n) is 7.03. The summed E-state index contributed by atoms with van der Waals surface area (Å²) in [5.41, 5.74) is 2.82. The summed E-state index contributed by atoms with van der Waals surface area (Å²) in [5.74, 6) is 0.277. The maximum atomic E-state index is 13.3. The molecule has 10 heteroatoms. The van der Waals surface area contributed by atoms with Crippen LogP contribution in [0.1, 0.15) is 29.0 Å². The van der Waals surface area contributed by atoms with E-state index in [0.29, 0.717) is 6.54 Å². The van der Waals surface area contributed by atoms with Crippen LogP contribution >= 0.6 is 0 Å². The number of carbonyl (C=O) groups excluding carboxylic acids is 1. The lowest BCUT2D eigenvalue weighted by Gasteiger charge is -2.36. The van der Waals surface area contributed by atoms with Gasteiger partial charge < -0.3 is 20.1 Å². The fraction of sp³-hybridized carbons (Fsp3) is 0.286. The Labute approximate surface area is 221 Å². The number of nitrogens with zero attached hydrogens (tertiary/aromatic N) is 1. The van der Waals surface area contributed by atoms with Crippen molar-refractivity contribution >= 4 is 22.0 Å². The van der Waals surface area contributed by atoms with Crippen molar-refractivity contribution in [3.8, 4) is 11.5 Å². The third kappa shape index (κ3) is 5.36. The van der Waals surface area contributed by atoms with Gasteiger partial charge in [-0.15, -0.1) is 0 Å². The molecule has 0 aliphatic carbocycles. The van der Waals surface area contributed by atoms with Gasteiger partial charge in [-0.1, -0.05) is 54.1 Å². The lowest BCUT2D eigenvalue weighted by molar-refractivity contribution is -0.126. The van der Waals surface area contributed by atoms with Gasteiger partial charge in [0.05, 0.1) is 10.8 Å². The fourth-order valence-corrected chi connectivity index (χ4v) is 6.35. The van der Waals surface area contributed by atoms with Crippen molar-refractivity contribution in [1.29, 1.82) is 0 Å². The molecule has 5 rings (SSSR count). The van der Waals surface area contributed by atoms with Gasteiger partial charge in [-0.25, -0.2) is 17.9 Å². The predicted molar refractivity (Wildman–Crippen MR) is 141 cm³/mol. The van der Waals surface area contributed by atoms with Gasteiger partial charge in [0.1, 0.15) is 11.5 Å². The van der Waals surface area contributed by atoms with Crippen molar-refractivity contribution in [3.05, 3.63) is 89.5 Å².